The van der Waals surface area contributed by atoms with Gasteiger partial charge in [-0.15, -0.1) is 0 Å². The highest BCUT2D eigenvalue weighted by Crippen LogP contribution is 2.07. The molecule has 0 aliphatic carbocycles. The van der Waals surface area contributed by atoms with Crippen molar-refractivity contribution in [2.45, 2.75) is 13.5 Å². The third-order valence-electron chi connectivity index (χ3n) is 4.22. The quantitative estimate of drug-likeness (QED) is 0.680. The Kier molecular flexibility index (Phi) is 5.78. The molecule has 144 valence electrons. The molecule has 0 saturated carbocycles. The first kappa shape index (κ1) is 19.2. The monoisotopic (exact) mass is 382 g/mol. The smallest absolute Gasteiger partial charge is 0.258 e. The summed E-state index contributed by atoms with van der Waals surface area (Å²) in [6.45, 7) is 2.00. The molecule has 3 rings (SSSR count). The highest BCUT2D eigenvalue weighted by molar-refractivity contribution is 5.96. The van der Waals surface area contributed by atoms with Crippen molar-refractivity contribution in [3.8, 4) is 0 Å². The Bertz CT molecular complexity index is 1080. The molecule has 3 aromatic rings. The third kappa shape index (κ3) is 4.40. The summed E-state index contributed by atoms with van der Waals surface area (Å²) in [4.78, 5) is 45.2. The van der Waals surface area contributed by atoms with Gasteiger partial charge in [-0.05, 0) is 37.3 Å². The average molecular weight is 382 g/mol. The van der Waals surface area contributed by atoms with E-state index in [2.05, 4.69) is 15.3 Å². The molecule has 1 aromatic heterocycles. The van der Waals surface area contributed by atoms with Crippen LogP contribution in [0.2, 0.25) is 0 Å². The van der Waals surface area contributed by atoms with E-state index in [0.717, 1.165) is 6.07 Å². The highest BCUT2D eigenvalue weighted by Gasteiger charge is 2.16. The topological polar surface area (TPSA) is 95.2 Å². The molecule has 1 heterocycles. The average Bonchev–Trinajstić information content (AvgIpc) is 2.70. The van der Waals surface area contributed by atoms with Gasteiger partial charge in [-0.1, -0.05) is 18.2 Å². The fourth-order valence-electron chi connectivity index (χ4n) is 2.77. The van der Waals surface area contributed by atoms with Gasteiger partial charge in [0.2, 0.25) is 5.91 Å². The molecule has 0 aliphatic heterocycles. The maximum atomic E-state index is 13.2. The van der Waals surface area contributed by atoms with Gasteiger partial charge in [-0.2, -0.15) is 0 Å². The van der Waals surface area contributed by atoms with E-state index in [4.69, 9.17) is 0 Å². The molecule has 7 nitrogen and oxygen atoms in total. The number of rotatable bonds is 6. The number of fused-ring (bicyclic) bond motifs is 1. The summed E-state index contributed by atoms with van der Waals surface area (Å²) in [5, 5.41) is 2.95. The van der Waals surface area contributed by atoms with Crippen molar-refractivity contribution in [2.75, 3.05) is 13.1 Å². The maximum Gasteiger partial charge on any atom is 0.258 e. The van der Waals surface area contributed by atoms with Crippen LogP contribution in [0.15, 0.2) is 53.3 Å². The molecule has 0 unspecified atom stereocenters. The van der Waals surface area contributed by atoms with Crippen molar-refractivity contribution in [1.82, 2.24) is 20.2 Å². The second-order valence-electron chi connectivity index (χ2n) is 6.13. The Morgan fingerprint density at radius 3 is 2.71 bits per heavy atom. The van der Waals surface area contributed by atoms with E-state index in [9.17, 15) is 18.8 Å². The van der Waals surface area contributed by atoms with Crippen LogP contribution in [0.4, 0.5) is 4.39 Å². The van der Waals surface area contributed by atoms with Crippen LogP contribution in [0.25, 0.3) is 10.9 Å². The highest BCUT2D eigenvalue weighted by atomic mass is 19.1. The minimum absolute atomic E-state index is 0.102. The Morgan fingerprint density at radius 1 is 1.18 bits per heavy atom. The van der Waals surface area contributed by atoms with Gasteiger partial charge in [0.1, 0.15) is 11.6 Å². The first-order chi connectivity index (χ1) is 13.5. The van der Waals surface area contributed by atoms with Crippen LogP contribution in [0.3, 0.4) is 0 Å². The fraction of sp³-hybridized carbons (Fsp3) is 0.200. The number of benzene rings is 2. The van der Waals surface area contributed by atoms with Crippen LogP contribution in [0.5, 0.6) is 0 Å². The number of H-pyrrole nitrogens is 1. The number of likely N-dealkylation sites (N-methyl/N-ethyl adjacent to an activating group) is 1. The zero-order valence-corrected chi connectivity index (χ0v) is 15.2. The molecule has 2 aromatic carbocycles. The van der Waals surface area contributed by atoms with E-state index >= 15 is 0 Å². The molecule has 28 heavy (non-hydrogen) atoms. The second-order valence-corrected chi connectivity index (χ2v) is 6.13. The lowest BCUT2D eigenvalue weighted by Gasteiger charge is -2.20. The summed E-state index contributed by atoms with van der Waals surface area (Å²) < 4.78 is 13.2. The lowest BCUT2D eigenvalue weighted by atomic mass is 10.2. The van der Waals surface area contributed by atoms with Crippen molar-refractivity contribution >= 4 is 22.7 Å². The number of carbonyl (C=O) groups excluding carboxylic acids is 2. The zero-order chi connectivity index (χ0) is 20.1. The molecule has 0 saturated heterocycles. The van der Waals surface area contributed by atoms with Crippen LogP contribution in [0, 0.1) is 5.82 Å². The molecular formula is C20H19FN4O3. The van der Waals surface area contributed by atoms with Crippen LogP contribution in [-0.4, -0.2) is 39.8 Å². The van der Waals surface area contributed by atoms with Gasteiger partial charge in [0.15, 0.2) is 0 Å². The van der Waals surface area contributed by atoms with E-state index in [1.165, 1.54) is 23.1 Å². The molecule has 0 aliphatic rings. The summed E-state index contributed by atoms with van der Waals surface area (Å²) in [5.74, 6) is -1.06. The summed E-state index contributed by atoms with van der Waals surface area (Å²) in [5.41, 5.74) is 0.407. The van der Waals surface area contributed by atoms with Gasteiger partial charge < -0.3 is 15.2 Å². The Balaban J connectivity index is 1.67. The maximum absolute atomic E-state index is 13.2. The van der Waals surface area contributed by atoms with Crippen molar-refractivity contribution < 1.29 is 14.0 Å². The first-order valence-electron chi connectivity index (χ1n) is 8.77. The molecule has 0 fully saturated rings. The fourth-order valence-corrected chi connectivity index (χ4v) is 2.77. The predicted octanol–water partition coefficient (Wildman–Crippen LogP) is 1.84. The van der Waals surface area contributed by atoms with E-state index < -0.39 is 11.7 Å². The lowest BCUT2D eigenvalue weighted by molar-refractivity contribution is -0.130. The molecule has 8 heteroatoms. The van der Waals surface area contributed by atoms with Gasteiger partial charge in [-0.25, -0.2) is 9.37 Å². The number of carbonyl (C=O) groups is 2. The number of para-hydroxylation sites is 1. The van der Waals surface area contributed by atoms with Crippen LogP contribution < -0.4 is 10.9 Å². The van der Waals surface area contributed by atoms with Crippen molar-refractivity contribution in [2.24, 2.45) is 0 Å². The molecule has 0 atom stereocenters. The normalized spacial score (nSPS) is 10.6. The van der Waals surface area contributed by atoms with Crippen LogP contribution >= 0.6 is 0 Å². The van der Waals surface area contributed by atoms with E-state index in [-0.39, 0.29) is 30.1 Å². The van der Waals surface area contributed by atoms with Crippen molar-refractivity contribution in [1.29, 1.82) is 0 Å². The largest absolute Gasteiger partial charge is 0.343 e. The number of nitrogens with one attached hydrogen (secondary N) is 2. The summed E-state index contributed by atoms with van der Waals surface area (Å²) in [7, 11) is 0. The van der Waals surface area contributed by atoms with Gasteiger partial charge in [0, 0.05) is 12.1 Å². The van der Waals surface area contributed by atoms with Gasteiger partial charge in [0.05, 0.1) is 24.0 Å². The zero-order valence-electron chi connectivity index (χ0n) is 15.2. The minimum atomic E-state index is -0.541. The van der Waals surface area contributed by atoms with Gasteiger partial charge in [-0.3, -0.25) is 14.4 Å². The van der Waals surface area contributed by atoms with Crippen molar-refractivity contribution in [3.63, 3.8) is 0 Å². The number of aromatic amines is 1. The summed E-state index contributed by atoms with van der Waals surface area (Å²) in [6.07, 6.45) is 0. The van der Waals surface area contributed by atoms with E-state index in [1.54, 1.807) is 31.2 Å². The predicted molar refractivity (Wildman–Crippen MR) is 102 cm³/mol. The van der Waals surface area contributed by atoms with Crippen LogP contribution in [0.1, 0.15) is 23.1 Å². The third-order valence-corrected chi connectivity index (χ3v) is 4.22. The molecule has 0 bridgehead atoms. The number of hydrogen-bond donors (Lipinski definition) is 2. The first-order valence-corrected chi connectivity index (χ1v) is 8.77. The summed E-state index contributed by atoms with van der Waals surface area (Å²) >= 11 is 0. The second kappa shape index (κ2) is 8.43. The van der Waals surface area contributed by atoms with E-state index in [0.29, 0.717) is 23.3 Å². The number of aromatic nitrogens is 2. The SMILES string of the molecule is CCN(Cc1nc2ccccc2c(=O)[nH]1)C(=O)CNC(=O)c1cccc(F)c1. The molecule has 2 N–H and O–H groups in total. The van der Waals surface area contributed by atoms with Crippen LogP contribution in [-0.2, 0) is 11.3 Å². The molecule has 0 radical (unpaired) electrons. The number of amides is 2. The minimum Gasteiger partial charge on any atom is -0.343 e. The lowest BCUT2D eigenvalue weighted by Crippen LogP contribution is -2.40. The standard InChI is InChI=1S/C20H19FN4O3/c1-2-25(12-17-23-16-9-4-3-8-15(16)20(28)24-17)18(26)11-22-19(27)13-6-5-7-14(21)10-13/h3-10H,2,11-12H2,1H3,(H,22,27)(H,23,24,28). The van der Waals surface area contributed by atoms with Gasteiger partial charge >= 0.3 is 0 Å². The van der Waals surface area contributed by atoms with Gasteiger partial charge in [0.25, 0.3) is 11.5 Å². The molecule has 2 amide bonds. The molecule has 0 spiro atoms. The number of halogens is 1. The summed E-state index contributed by atoms with van der Waals surface area (Å²) in [6, 6.07) is 12.2. The van der Waals surface area contributed by atoms with E-state index in [1.807, 2.05) is 0 Å². The Morgan fingerprint density at radius 2 is 1.96 bits per heavy atom. The van der Waals surface area contributed by atoms with Crippen molar-refractivity contribution in [3.05, 3.63) is 76.1 Å². The Labute approximate surface area is 160 Å². The molecular weight excluding hydrogens is 363 g/mol. The number of nitrogens with zero attached hydrogens (tertiary/aromatic N) is 2. The Hall–Kier alpha value is -3.55. The number of hydrogen-bond acceptors (Lipinski definition) is 4.